The number of nitrogens with two attached hydrogens (primary N) is 1. The van der Waals surface area contributed by atoms with Crippen molar-refractivity contribution in [3.63, 3.8) is 0 Å². The van der Waals surface area contributed by atoms with E-state index in [1.165, 1.54) is 0 Å². The number of carbonyl (C=O) groups excluding carboxylic acids is 1. The molecule has 0 unspecified atom stereocenters. The van der Waals surface area contributed by atoms with E-state index in [1.54, 1.807) is 12.1 Å². The number of hydrogen-bond donors (Lipinski definition) is 3. The maximum absolute atomic E-state index is 11.9. The largest absolute Gasteiger partial charge is 0.397 e. The highest BCUT2D eigenvalue weighted by atomic mass is 16.2. The van der Waals surface area contributed by atoms with Crippen LogP contribution in [0.2, 0.25) is 0 Å². The molecule has 0 bridgehead atoms. The van der Waals surface area contributed by atoms with Gasteiger partial charge in [0.1, 0.15) is 0 Å². The fraction of sp³-hybridized carbons (Fsp3) is 0.235. The molecule has 2 aromatic carbocycles. The van der Waals surface area contributed by atoms with E-state index in [0.717, 1.165) is 5.56 Å². The molecule has 0 fully saturated rings. The van der Waals surface area contributed by atoms with Gasteiger partial charge in [-0.05, 0) is 24.6 Å². The van der Waals surface area contributed by atoms with E-state index in [9.17, 15) is 4.79 Å². The Bertz CT molecular complexity index is 555. The molecule has 112 valence electrons. The number of hydrogen-bond acceptors (Lipinski definition) is 2. The first-order valence-corrected chi connectivity index (χ1v) is 7.14. The number of benzene rings is 2. The molecule has 0 spiro atoms. The number of para-hydroxylation sites is 2. The second-order valence-electron chi connectivity index (χ2n) is 4.32. The van der Waals surface area contributed by atoms with Gasteiger partial charge >= 0.3 is 6.03 Å². The molecule has 0 heterocycles. The lowest BCUT2D eigenvalue weighted by Gasteiger charge is -2.15. The lowest BCUT2D eigenvalue weighted by atomic mass is 10.1. The summed E-state index contributed by atoms with van der Waals surface area (Å²) < 4.78 is 0. The average molecular weight is 285 g/mol. The number of nitrogens with one attached hydrogen (secondary N) is 2. The Morgan fingerprint density at radius 3 is 2.19 bits per heavy atom. The normalized spacial score (nSPS) is 10.8. The van der Waals surface area contributed by atoms with Gasteiger partial charge in [-0.15, -0.1) is 0 Å². The predicted octanol–water partition coefficient (Wildman–Crippen LogP) is 4.18. The molecular formula is C17H23N3O. The molecule has 4 N–H and O–H groups in total. The second-order valence-corrected chi connectivity index (χ2v) is 4.32. The summed E-state index contributed by atoms with van der Waals surface area (Å²) >= 11 is 0. The molecule has 0 aromatic heterocycles. The quantitative estimate of drug-likeness (QED) is 0.741. The molecule has 0 aliphatic rings. The topological polar surface area (TPSA) is 67.2 Å². The van der Waals surface area contributed by atoms with Crippen LogP contribution in [0, 0.1) is 0 Å². The Hall–Kier alpha value is -2.49. The third-order valence-electron chi connectivity index (χ3n) is 2.86. The van der Waals surface area contributed by atoms with Crippen LogP contribution in [0.4, 0.5) is 16.2 Å². The molecule has 4 heteroatoms. The maximum atomic E-state index is 11.9. The Balaban J connectivity index is 0.00000106. The number of anilines is 2. The van der Waals surface area contributed by atoms with Gasteiger partial charge in [0.15, 0.2) is 0 Å². The highest BCUT2D eigenvalue weighted by Gasteiger charge is 2.09. The van der Waals surface area contributed by atoms with Crippen LogP contribution in [0.25, 0.3) is 0 Å². The van der Waals surface area contributed by atoms with E-state index in [2.05, 4.69) is 10.6 Å². The van der Waals surface area contributed by atoms with Crippen LogP contribution in [0.3, 0.4) is 0 Å². The highest BCUT2D eigenvalue weighted by Crippen LogP contribution is 2.17. The van der Waals surface area contributed by atoms with E-state index in [-0.39, 0.29) is 12.1 Å². The summed E-state index contributed by atoms with van der Waals surface area (Å²) in [5.41, 5.74) is 7.98. The maximum Gasteiger partial charge on any atom is 0.319 e. The fourth-order valence-electron chi connectivity index (χ4n) is 1.79. The van der Waals surface area contributed by atoms with Gasteiger partial charge in [-0.3, -0.25) is 0 Å². The first-order chi connectivity index (χ1) is 10.2. The van der Waals surface area contributed by atoms with Crippen molar-refractivity contribution in [3.8, 4) is 0 Å². The molecule has 21 heavy (non-hydrogen) atoms. The summed E-state index contributed by atoms with van der Waals surface area (Å²) in [4.78, 5) is 11.9. The van der Waals surface area contributed by atoms with Gasteiger partial charge in [0.05, 0.1) is 17.4 Å². The zero-order valence-corrected chi connectivity index (χ0v) is 12.8. The summed E-state index contributed by atoms with van der Waals surface area (Å²) in [5, 5.41) is 5.60. The zero-order valence-electron chi connectivity index (χ0n) is 12.8. The first-order valence-electron chi connectivity index (χ1n) is 7.14. The Morgan fingerprint density at radius 2 is 1.57 bits per heavy atom. The van der Waals surface area contributed by atoms with Gasteiger partial charge in [-0.2, -0.15) is 0 Å². The molecular weight excluding hydrogens is 262 g/mol. The van der Waals surface area contributed by atoms with Gasteiger partial charge in [-0.25, -0.2) is 4.79 Å². The molecule has 0 saturated carbocycles. The van der Waals surface area contributed by atoms with E-state index >= 15 is 0 Å². The molecule has 0 aliphatic heterocycles. The number of amides is 2. The third kappa shape index (κ3) is 5.18. The van der Waals surface area contributed by atoms with Gasteiger partial charge in [-0.1, -0.05) is 56.3 Å². The Kier molecular flexibility index (Phi) is 6.81. The standard InChI is InChI=1S/C15H17N3O.C2H6/c1-11(12-7-3-2-4-8-12)17-15(19)18-14-10-6-5-9-13(14)16;1-2/h2-11H,16H2,1H3,(H2,17,18,19);1-2H3/t11-;/m1./s1. The van der Waals surface area contributed by atoms with Gasteiger partial charge in [0, 0.05) is 0 Å². The van der Waals surface area contributed by atoms with Gasteiger partial charge < -0.3 is 16.4 Å². The predicted molar refractivity (Wildman–Crippen MR) is 89.2 cm³/mol. The number of carbonyl (C=O) groups is 1. The molecule has 0 saturated heterocycles. The van der Waals surface area contributed by atoms with Crippen molar-refractivity contribution in [3.05, 3.63) is 60.2 Å². The van der Waals surface area contributed by atoms with Crippen molar-refractivity contribution in [2.75, 3.05) is 11.1 Å². The van der Waals surface area contributed by atoms with E-state index < -0.39 is 0 Å². The number of rotatable bonds is 3. The summed E-state index contributed by atoms with van der Waals surface area (Å²) in [5.74, 6) is 0. The van der Waals surface area contributed by atoms with Crippen LogP contribution in [-0.2, 0) is 0 Å². The molecule has 0 aliphatic carbocycles. The van der Waals surface area contributed by atoms with Crippen molar-refractivity contribution >= 4 is 17.4 Å². The van der Waals surface area contributed by atoms with Gasteiger partial charge in [0.2, 0.25) is 0 Å². The molecule has 2 rings (SSSR count). The minimum absolute atomic E-state index is 0.0638. The van der Waals surface area contributed by atoms with Crippen LogP contribution in [0.1, 0.15) is 32.4 Å². The van der Waals surface area contributed by atoms with Crippen molar-refractivity contribution in [2.45, 2.75) is 26.8 Å². The summed E-state index contributed by atoms with van der Waals surface area (Å²) in [7, 11) is 0. The first kappa shape index (κ1) is 16.6. The molecule has 2 aromatic rings. The van der Waals surface area contributed by atoms with E-state index in [0.29, 0.717) is 11.4 Å². The monoisotopic (exact) mass is 285 g/mol. The van der Waals surface area contributed by atoms with Crippen molar-refractivity contribution in [1.82, 2.24) is 5.32 Å². The van der Waals surface area contributed by atoms with Crippen LogP contribution >= 0.6 is 0 Å². The SMILES string of the molecule is CC.C[C@@H](NC(=O)Nc1ccccc1N)c1ccccc1. The number of nitrogen functional groups attached to an aromatic ring is 1. The molecule has 4 nitrogen and oxygen atoms in total. The Morgan fingerprint density at radius 1 is 1.00 bits per heavy atom. The smallest absolute Gasteiger partial charge is 0.319 e. The second kappa shape index (κ2) is 8.64. The third-order valence-corrected chi connectivity index (χ3v) is 2.86. The summed E-state index contributed by atoms with van der Waals surface area (Å²) in [6, 6.07) is 16.6. The average Bonchev–Trinajstić information content (AvgIpc) is 2.52. The summed E-state index contributed by atoms with van der Waals surface area (Å²) in [6.45, 7) is 5.93. The molecule has 0 radical (unpaired) electrons. The van der Waals surface area contributed by atoms with Crippen molar-refractivity contribution in [2.24, 2.45) is 0 Å². The number of urea groups is 1. The van der Waals surface area contributed by atoms with Crippen LogP contribution in [0.5, 0.6) is 0 Å². The molecule has 1 atom stereocenters. The lowest BCUT2D eigenvalue weighted by Crippen LogP contribution is -2.31. The van der Waals surface area contributed by atoms with E-state index in [4.69, 9.17) is 5.73 Å². The highest BCUT2D eigenvalue weighted by molar-refractivity contribution is 5.92. The van der Waals surface area contributed by atoms with Crippen LogP contribution in [-0.4, -0.2) is 6.03 Å². The lowest BCUT2D eigenvalue weighted by molar-refractivity contribution is 0.249. The minimum Gasteiger partial charge on any atom is -0.397 e. The molecule has 2 amide bonds. The minimum atomic E-state index is -0.269. The van der Waals surface area contributed by atoms with Crippen molar-refractivity contribution < 1.29 is 4.79 Å². The Labute approximate surface area is 126 Å². The van der Waals surface area contributed by atoms with Crippen LogP contribution < -0.4 is 16.4 Å². The zero-order chi connectivity index (χ0) is 15.7. The van der Waals surface area contributed by atoms with Crippen molar-refractivity contribution in [1.29, 1.82) is 0 Å². The van der Waals surface area contributed by atoms with Gasteiger partial charge in [0.25, 0.3) is 0 Å². The summed E-state index contributed by atoms with van der Waals surface area (Å²) in [6.07, 6.45) is 0. The van der Waals surface area contributed by atoms with Crippen LogP contribution in [0.15, 0.2) is 54.6 Å². The van der Waals surface area contributed by atoms with E-state index in [1.807, 2.05) is 63.2 Å². The fourth-order valence-corrected chi connectivity index (χ4v) is 1.79.